The van der Waals surface area contributed by atoms with Gasteiger partial charge in [0.2, 0.25) is 5.91 Å². The van der Waals surface area contributed by atoms with Crippen LogP contribution in [0.2, 0.25) is 0 Å². The van der Waals surface area contributed by atoms with Crippen LogP contribution in [0.25, 0.3) is 0 Å². The topological polar surface area (TPSA) is 78.4 Å². The SMILES string of the molecule is CCCCCCCCCCCCNCCC(=O)NCC(=O)O. The van der Waals surface area contributed by atoms with Crippen LogP contribution in [0.15, 0.2) is 0 Å². The molecule has 22 heavy (non-hydrogen) atoms. The van der Waals surface area contributed by atoms with Crippen molar-refractivity contribution in [3.05, 3.63) is 0 Å². The lowest BCUT2D eigenvalue weighted by Gasteiger charge is -2.05. The molecule has 0 aliphatic heterocycles. The Morgan fingerprint density at radius 2 is 1.36 bits per heavy atom. The van der Waals surface area contributed by atoms with Crippen molar-refractivity contribution in [1.82, 2.24) is 10.6 Å². The van der Waals surface area contributed by atoms with Gasteiger partial charge in [-0.3, -0.25) is 9.59 Å². The molecule has 0 aromatic rings. The van der Waals surface area contributed by atoms with Gasteiger partial charge in [-0.1, -0.05) is 64.7 Å². The number of carbonyl (C=O) groups is 2. The zero-order chi connectivity index (χ0) is 16.5. The van der Waals surface area contributed by atoms with Gasteiger partial charge >= 0.3 is 5.97 Å². The maximum absolute atomic E-state index is 11.2. The van der Waals surface area contributed by atoms with Crippen LogP contribution in [0, 0.1) is 0 Å². The second-order valence-electron chi connectivity index (χ2n) is 5.85. The highest BCUT2D eigenvalue weighted by Crippen LogP contribution is 2.10. The fourth-order valence-corrected chi connectivity index (χ4v) is 2.33. The average Bonchev–Trinajstić information content (AvgIpc) is 2.49. The molecule has 0 unspecified atom stereocenters. The van der Waals surface area contributed by atoms with Crippen LogP contribution in [-0.2, 0) is 9.59 Å². The van der Waals surface area contributed by atoms with E-state index in [1.54, 1.807) is 0 Å². The lowest BCUT2D eigenvalue weighted by molar-refractivity contribution is -0.137. The molecule has 0 aliphatic carbocycles. The van der Waals surface area contributed by atoms with E-state index in [-0.39, 0.29) is 12.5 Å². The van der Waals surface area contributed by atoms with Crippen LogP contribution in [0.3, 0.4) is 0 Å². The van der Waals surface area contributed by atoms with Gasteiger partial charge in [0.05, 0.1) is 0 Å². The smallest absolute Gasteiger partial charge is 0.322 e. The Morgan fingerprint density at radius 3 is 1.91 bits per heavy atom. The van der Waals surface area contributed by atoms with Crippen molar-refractivity contribution >= 4 is 11.9 Å². The predicted octanol–water partition coefficient (Wildman–Crippen LogP) is 3.09. The molecule has 0 bridgehead atoms. The third-order valence-corrected chi connectivity index (χ3v) is 3.67. The number of hydrogen-bond donors (Lipinski definition) is 3. The predicted molar refractivity (Wildman–Crippen MR) is 90.0 cm³/mol. The number of hydrogen-bond acceptors (Lipinski definition) is 3. The molecule has 0 fully saturated rings. The summed E-state index contributed by atoms with van der Waals surface area (Å²) >= 11 is 0. The summed E-state index contributed by atoms with van der Waals surface area (Å²) in [6.45, 7) is 3.50. The minimum absolute atomic E-state index is 0.210. The van der Waals surface area contributed by atoms with Crippen LogP contribution in [0.4, 0.5) is 0 Å². The molecule has 5 nitrogen and oxygen atoms in total. The quantitative estimate of drug-likeness (QED) is 0.383. The molecule has 3 N–H and O–H groups in total. The number of carboxylic acids is 1. The highest BCUT2D eigenvalue weighted by molar-refractivity contribution is 5.81. The van der Waals surface area contributed by atoms with Gasteiger partial charge < -0.3 is 15.7 Å². The minimum Gasteiger partial charge on any atom is -0.480 e. The van der Waals surface area contributed by atoms with E-state index in [1.165, 1.54) is 57.8 Å². The van der Waals surface area contributed by atoms with Crippen molar-refractivity contribution in [3.63, 3.8) is 0 Å². The van der Waals surface area contributed by atoms with Gasteiger partial charge in [-0.25, -0.2) is 0 Å². The summed E-state index contributed by atoms with van der Waals surface area (Å²) < 4.78 is 0. The third-order valence-electron chi connectivity index (χ3n) is 3.67. The summed E-state index contributed by atoms with van der Waals surface area (Å²) in [5.41, 5.74) is 0. The van der Waals surface area contributed by atoms with E-state index in [4.69, 9.17) is 5.11 Å². The largest absolute Gasteiger partial charge is 0.480 e. The summed E-state index contributed by atoms with van der Waals surface area (Å²) in [7, 11) is 0. The fraction of sp³-hybridized carbons (Fsp3) is 0.882. The standard InChI is InChI=1S/C17H34N2O3/c1-2-3-4-5-6-7-8-9-10-11-13-18-14-12-16(20)19-15-17(21)22/h18H,2-15H2,1H3,(H,19,20)(H,21,22). The molecule has 0 atom stereocenters. The van der Waals surface area contributed by atoms with Gasteiger partial charge in [0.25, 0.3) is 0 Å². The molecule has 0 aliphatic rings. The molecule has 5 heteroatoms. The van der Waals surface area contributed by atoms with E-state index in [0.717, 1.165) is 13.0 Å². The van der Waals surface area contributed by atoms with Crippen LogP contribution in [-0.4, -0.2) is 36.6 Å². The van der Waals surface area contributed by atoms with Gasteiger partial charge in [-0.15, -0.1) is 0 Å². The van der Waals surface area contributed by atoms with E-state index in [1.807, 2.05) is 0 Å². The van der Waals surface area contributed by atoms with Crippen molar-refractivity contribution in [3.8, 4) is 0 Å². The van der Waals surface area contributed by atoms with E-state index in [9.17, 15) is 9.59 Å². The van der Waals surface area contributed by atoms with Crippen LogP contribution in [0.1, 0.15) is 77.6 Å². The first-order valence-corrected chi connectivity index (χ1v) is 8.86. The van der Waals surface area contributed by atoms with Crippen molar-refractivity contribution in [2.75, 3.05) is 19.6 Å². The Kier molecular flexibility index (Phi) is 15.5. The molecule has 0 saturated heterocycles. The summed E-state index contributed by atoms with van der Waals surface area (Å²) in [6.07, 6.45) is 13.6. The number of unbranched alkanes of at least 4 members (excludes halogenated alkanes) is 9. The lowest BCUT2D eigenvalue weighted by Crippen LogP contribution is -2.31. The first kappa shape index (κ1) is 20.9. The molecule has 0 rings (SSSR count). The molecule has 130 valence electrons. The Morgan fingerprint density at radius 1 is 0.818 bits per heavy atom. The van der Waals surface area contributed by atoms with E-state index in [2.05, 4.69) is 17.6 Å². The maximum Gasteiger partial charge on any atom is 0.322 e. The highest BCUT2D eigenvalue weighted by Gasteiger charge is 2.02. The van der Waals surface area contributed by atoms with Crippen molar-refractivity contribution in [2.45, 2.75) is 77.6 Å². The van der Waals surface area contributed by atoms with E-state index < -0.39 is 5.97 Å². The average molecular weight is 314 g/mol. The molecule has 0 spiro atoms. The normalized spacial score (nSPS) is 10.6. The Labute approximate surface area is 135 Å². The molecule has 0 aromatic heterocycles. The minimum atomic E-state index is -1.01. The molecule has 0 aromatic carbocycles. The van der Waals surface area contributed by atoms with Gasteiger partial charge in [0.1, 0.15) is 6.54 Å². The Bertz CT molecular complexity index is 283. The maximum atomic E-state index is 11.2. The van der Waals surface area contributed by atoms with Crippen LogP contribution >= 0.6 is 0 Å². The molecule has 0 heterocycles. The zero-order valence-corrected chi connectivity index (χ0v) is 14.2. The number of aliphatic carboxylic acids is 1. The van der Waals surface area contributed by atoms with Gasteiger partial charge in [-0.2, -0.15) is 0 Å². The summed E-state index contributed by atoms with van der Waals surface area (Å²) in [6, 6.07) is 0. The van der Waals surface area contributed by atoms with Gasteiger partial charge in [0.15, 0.2) is 0 Å². The summed E-state index contributed by atoms with van der Waals surface area (Å²) in [5.74, 6) is -1.22. The molecule has 0 radical (unpaired) electrons. The Balaban J connectivity index is 3.11. The summed E-state index contributed by atoms with van der Waals surface area (Å²) in [4.78, 5) is 21.5. The molecular formula is C17H34N2O3. The second-order valence-corrected chi connectivity index (χ2v) is 5.85. The number of carbonyl (C=O) groups excluding carboxylic acids is 1. The van der Waals surface area contributed by atoms with Crippen molar-refractivity contribution in [2.24, 2.45) is 0 Å². The van der Waals surface area contributed by atoms with Crippen molar-refractivity contribution in [1.29, 1.82) is 0 Å². The highest BCUT2D eigenvalue weighted by atomic mass is 16.4. The van der Waals surface area contributed by atoms with Crippen LogP contribution < -0.4 is 10.6 Å². The number of nitrogens with one attached hydrogen (secondary N) is 2. The Hall–Kier alpha value is -1.10. The van der Waals surface area contributed by atoms with Crippen LogP contribution in [0.5, 0.6) is 0 Å². The van der Waals surface area contributed by atoms with E-state index >= 15 is 0 Å². The zero-order valence-electron chi connectivity index (χ0n) is 14.2. The van der Waals surface area contributed by atoms with Gasteiger partial charge in [0, 0.05) is 13.0 Å². The fourth-order valence-electron chi connectivity index (χ4n) is 2.33. The number of amides is 1. The second kappa shape index (κ2) is 16.3. The van der Waals surface area contributed by atoms with Gasteiger partial charge in [-0.05, 0) is 13.0 Å². The molecule has 0 saturated carbocycles. The number of rotatable bonds is 16. The lowest BCUT2D eigenvalue weighted by atomic mass is 10.1. The molecule has 1 amide bonds. The third kappa shape index (κ3) is 17.0. The van der Waals surface area contributed by atoms with E-state index in [0.29, 0.717) is 13.0 Å². The summed E-state index contributed by atoms with van der Waals surface area (Å²) in [5, 5.41) is 14.0. The molecular weight excluding hydrogens is 280 g/mol. The monoisotopic (exact) mass is 314 g/mol. The first-order valence-electron chi connectivity index (χ1n) is 8.86. The number of carboxylic acid groups (broad SMARTS) is 1. The van der Waals surface area contributed by atoms with Crippen molar-refractivity contribution < 1.29 is 14.7 Å². The first-order chi connectivity index (χ1) is 10.7.